The minimum Gasteiger partial charge on any atom is -0.383 e. The summed E-state index contributed by atoms with van der Waals surface area (Å²) in [7, 11) is 0. The van der Waals surface area contributed by atoms with Crippen molar-refractivity contribution in [2.45, 2.75) is 53.0 Å². The van der Waals surface area contributed by atoms with Crippen molar-refractivity contribution in [3.63, 3.8) is 0 Å². The van der Waals surface area contributed by atoms with Crippen molar-refractivity contribution in [2.75, 3.05) is 17.2 Å². The zero-order valence-corrected chi connectivity index (χ0v) is 18.8. The molecule has 0 atom stereocenters. The number of unbranched alkanes of at least 4 members (excludes halogenated alkanes) is 2. The molecule has 3 aromatic rings. The lowest BCUT2D eigenvalue weighted by Gasteiger charge is -2.23. The smallest absolute Gasteiger partial charge is 0.330 e. The van der Waals surface area contributed by atoms with E-state index in [-0.39, 0.29) is 23.7 Å². The van der Waals surface area contributed by atoms with E-state index in [2.05, 4.69) is 10.1 Å². The third-order valence-corrected chi connectivity index (χ3v) is 5.31. The minimum absolute atomic E-state index is 0.00383. The summed E-state index contributed by atoms with van der Waals surface area (Å²) in [5, 5.41) is 4.49. The van der Waals surface area contributed by atoms with Crippen molar-refractivity contribution < 1.29 is 4.79 Å². The van der Waals surface area contributed by atoms with Gasteiger partial charge in [-0.15, -0.1) is 0 Å². The fraction of sp³-hybridized carbons (Fsp3) is 0.391. The van der Waals surface area contributed by atoms with Gasteiger partial charge in [-0.2, -0.15) is 5.10 Å². The first kappa shape index (κ1) is 23.1. The lowest BCUT2D eigenvalue weighted by molar-refractivity contribution is 0.0981. The number of amides is 1. The van der Waals surface area contributed by atoms with Crippen LogP contribution in [0.4, 0.5) is 11.5 Å². The predicted octanol–water partition coefficient (Wildman–Crippen LogP) is 2.86. The van der Waals surface area contributed by atoms with Gasteiger partial charge in [-0.1, -0.05) is 44.9 Å². The molecule has 0 saturated heterocycles. The number of hydrogen-bond donors (Lipinski definition) is 2. The summed E-state index contributed by atoms with van der Waals surface area (Å²) in [5.41, 5.74) is 6.82. The second kappa shape index (κ2) is 10.1. The van der Waals surface area contributed by atoms with Crippen molar-refractivity contribution >= 4 is 17.4 Å². The maximum atomic E-state index is 13.5. The number of hydrogen-bond acceptors (Lipinski definition) is 5. The van der Waals surface area contributed by atoms with Gasteiger partial charge in [0, 0.05) is 18.8 Å². The van der Waals surface area contributed by atoms with Gasteiger partial charge < -0.3 is 5.73 Å². The maximum Gasteiger partial charge on any atom is 0.330 e. The first-order valence-electron chi connectivity index (χ1n) is 11.0. The van der Waals surface area contributed by atoms with Gasteiger partial charge >= 0.3 is 5.69 Å². The van der Waals surface area contributed by atoms with E-state index in [0.29, 0.717) is 13.0 Å². The Kier molecular flexibility index (Phi) is 7.29. The number of nitrogen functional groups attached to an aromatic ring is 1. The standard InChI is InChI=1S/C23H30N6O3/c1-4-6-13-27(19-20(24)28(14-7-5-2)23(32)25-21(19)30)22(31)18-15-16(3)29(26-18)17-11-9-8-10-12-17/h8-12,15H,4-7,13-14,24H2,1-3H3,(H,25,30,32). The summed E-state index contributed by atoms with van der Waals surface area (Å²) in [5.74, 6) is -0.440. The number of aromatic nitrogens is 4. The normalized spacial score (nSPS) is 11.0. The number of H-pyrrole nitrogens is 1. The van der Waals surface area contributed by atoms with E-state index < -0.39 is 17.2 Å². The van der Waals surface area contributed by atoms with Crippen LogP contribution in [-0.2, 0) is 6.54 Å². The number of aryl methyl sites for hydroxylation is 1. The maximum absolute atomic E-state index is 13.5. The Bertz CT molecular complexity index is 1190. The zero-order chi connectivity index (χ0) is 23.3. The molecule has 1 aromatic carbocycles. The topological polar surface area (TPSA) is 119 Å². The summed E-state index contributed by atoms with van der Waals surface area (Å²) in [6.45, 7) is 6.50. The molecule has 0 radical (unpaired) electrons. The summed E-state index contributed by atoms with van der Waals surface area (Å²) < 4.78 is 3.00. The average Bonchev–Trinajstić information content (AvgIpc) is 3.17. The third-order valence-electron chi connectivity index (χ3n) is 5.31. The van der Waals surface area contributed by atoms with Crippen LogP contribution < -0.4 is 21.9 Å². The molecule has 0 bridgehead atoms. The third kappa shape index (κ3) is 4.66. The van der Waals surface area contributed by atoms with Gasteiger partial charge in [0.2, 0.25) is 0 Å². The Morgan fingerprint density at radius 3 is 2.47 bits per heavy atom. The summed E-state index contributed by atoms with van der Waals surface area (Å²) in [6.07, 6.45) is 3.06. The fourth-order valence-corrected chi connectivity index (χ4v) is 3.56. The Morgan fingerprint density at radius 2 is 1.81 bits per heavy atom. The highest BCUT2D eigenvalue weighted by molar-refractivity contribution is 6.06. The Balaban J connectivity index is 2.07. The number of aromatic amines is 1. The van der Waals surface area contributed by atoms with E-state index in [1.165, 1.54) is 9.47 Å². The molecule has 0 unspecified atom stereocenters. The first-order valence-corrected chi connectivity index (χ1v) is 11.0. The van der Waals surface area contributed by atoms with Crippen LogP contribution in [0.25, 0.3) is 5.69 Å². The Hall–Kier alpha value is -3.62. The van der Waals surface area contributed by atoms with E-state index in [1.807, 2.05) is 51.1 Å². The number of nitrogens with one attached hydrogen (secondary N) is 1. The van der Waals surface area contributed by atoms with Crippen LogP contribution in [0.2, 0.25) is 0 Å². The van der Waals surface area contributed by atoms with E-state index in [1.54, 1.807) is 10.7 Å². The lowest BCUT2D eigenvalue weighted by atomic mass is 10.2. The van der Waals surface area contributed by atoms with E-state index in [4.69, 9.17) is 5.73 Å². The van der Waals surface area contributed by atoms with Crippen molar-refractivity contribution in [3.05, 3.63) is 68.6 Å². The first-order chi connectivity index (χ1) is 15.4. The number of carbonyl (C=O) groups is 1. The molecule has 0 saturated carbocycles. The van der Waals surface area contributed by atoms with Crippen LogP contribution >= 0.6 is 0 Å². The molecule has 0 aliphatic heterocycles. The fourth-order valence-electron chi connectivity index (χ4n) is 3.56. The van der Waals surface area contributed by atoms with Crippen molar-refractivity contribution in [1.82, 2.24) is 19.3 Å². The van der Waals surface area contributed by atoms with Crippen molar-refractivity contribution in [3.8, 4) is 5.69 Å². The number of carbonyl (C=O) groups excluding carboxylic acids is 1. The molecule has 2 aromatic heterocycles. The van der Waals surface area contributed by atoms with Gasteiger partial charge in [0.15, 0.2) is 11.4 Å². The summed E-state index contributed by atoms with van der Waals surface area (Å²) in [6, 6.07) is 11.2. The molecule has 1 amide bonds. The predicted molar refractivity (Wildman–Crippen MR) is 126 cm³/mol. The molecular weight excluding hydrogens is 408 g/mol. The zero-order valence-electron chi connectivity index (χ0n) is 18.8. The number of nitrogens with zero attached hydrogens (tertiary/aromatic N) is 4. The molecule has 2 heterocycles. The van der Waals surface area contributed by atoms with Crippen LogP contribution in [0.3, 0.4) is 0 Å². The van der Waals surface area contributed by atoms with E-state index in [9.17, 15) is 14.4 Å². The molecule has 0 spiro atoms. The molecule has 0 aliphatic carbocycles. The number of benzene rings is 1. The average molecular weight is 439 g/mol. The van der Waals surface area contributed by atoms with Crippen molar-refractivity contribution in [1.29, 1.82) is 0 Å². The summed E-state index contributed by atoms with van der Waals surface area (Å²) in [4.78, 5) is 42.2. The van der Waals surface area contributed by atoms with Gasteiger partial charge in [-0.25, -0.2) is 9.48 Å². The Morgan fingerprint density at radius 1 is 1.12 bits per heavy atom. The Labute approximate surface area is 186 Å². The SMILES string of the molecule is CCCCN(C(=O)c1cc(C)n(-c2ccccc2)n1)c1c(N)n(CCCC)c(=O)[nH]c1=O. The number of anilines is 2. The lowest BCUT2D eigenvalue weighted by Crippen LogP contribution is -2.41. The van der Waals surface area contributed by atoms with Gasteiger partial charge in [0.25, 0.3) is 11.5 Å². The second-order valence-corrected chi connectivity index (χ2v) is 7.73. The van der Waals surface area contributed by atoms with Gasteiger partial charge in [0.1, 0.15) is 5.82 Å². The molecule has 32 heavy (non-hydrogen) atoms. The quantitative estimate of drug-likeness (QED) is 0.532. The highest BCUT2D eigenvalue weighted by Gasteiger charge is 2.27. The van der Waals surface area contributed by atoms with Crippen LogP contribution in [0, 0.1) is 6.92 Å². The molecule has 0 aliphatic rings. The molecule has 3 N–H and O–H groups in total. The highest BCUT2D eigenvalue weighted by Crippen LogP contribution is 2.21. The molecule has 170 valence electrons. The van der Waals surface area contributed by atoms with Gasteiger partial charge in [0.05, 0.1) is 5.69 Å². The largest absolute Gasteiger partial charge is 0.383 e. The number of nitrogens with two attached hydrogens (primary N) is 1. The molecule has 9 heteroatoms. The van der Waals surface area contributed by atoms with Crippen LogP contribution in [0.15, 0.2) is 46.0 Å². The van der Waals surface area contributed by atoms with E-state index in [0.717, 1.165) is 30.6 Å². The highest BCUT2D eigenvalue weighted by atomic mass is 16.2. The number of rotatable bonds is 9. The van der Waals surface area contributed by atoms with Gasteiger partial charge in [-0.05, 0) is 38.0 Å². The van der Waals surface area contributed by atoms with Gasteiger partial charge in [-0.3, -0.25) is 24.0 Å². The van der Waals surface area contributed by atoms with Crippen LogP contribution in [0.1, 0.15) is 55.7 Å². The molecule has 3 rings (SSSR count). The number of para-hydroxylation sites is 1. The molecular formula is C23H30N6O3. The minimum atomic E-state index is -0.677. The van der Waals surface area contributed by atoms with E-state index >= 15 is 0 Å². The monoisotopic (exact) mass is 438 g/mol. The van der Waals surface area contributed by atoms with Crippen LogP contribution in [-0.4, -0.2) is 31.8 Å². The molecule has 0 fully saturated rings. The van der Waals surface area contributed by atoms with Crippen molar-refractivity contribution in [2.24, 2.45) is 0 Å². The summed E-state index contributed by atoms with van der Waals surface area (Å²) >= 11 is 0. The molecule has 9 nitrogen and oxygen atoms in total. The van der Waals surface area contributed by atoms with Crippen LogP contribution in [0.5, 0.6) is 0 Å². The second-order valence-electron chi connectivity index (χ2n) is 7.73.